The standard InChI is InChI=1S/C31H28N2O5/c1-20-27-18-25(14-15-26(27)28(35)38-33-20)32-29(36)31(37,19-30(3,4)24-8-6-5-7-9-24)17-16-22-10-12-23(13-11-22)21(2)34/h5-15,18,37H,19H2,1-4H3,(H,32,36). The monoisotopic (exact) mass is 508 g/mol. The number of amides is 1. The van der Waals surface area contributed by atoms with Crippen molar-refractivity contribution in [1.29, 1.82) is 0 Å². The number of aromatic nitrogens is 1. The summed E-state index contributed by atoms with van der Waals surface area (Å²) >= 11 is 0. The number of carbonyl (C=O) groups is 2. The van der Waals surface area contributed by atoms with Gasteiger partial charge in [-0.25, -0.2) is 4.79 Å². The third kappa shape index (κ3) is 5.72. The van der Waals surface area contributed by atoms with Crippen molar-refractivity contribution in [3.63, 3.8) is 0 Å². The van der Waals surface area contributed by atoms with E-state index in [0.29, 0.717) is 33.3 Å². The lowest BCUT2D eigenvalue weighted by Crippen LogP contribution is -2.46. The lowest BCUT2D eigenvalue weighted by molar-refractivity contribution is -0.130. The second kappa shape index (κ2) is 10.4. The fraction of sp³-hybridized carbons (Fsp3) is 0.226. The Morgan fingerprint density at radius 1 is 1.00 bits per heavy atom. The number of ketones is 1. The van der Waals surface area contributed by atoms with Gasteiger partial charge in [0.1, 0.15) is 0 Å². The Balaban J connectivity index is 1.71. The molecule has 4 rings (SSSR count). The van der Waals surface area contributed by atoms with Gasteiger partial charge in [0, 0.05) is 28.6 Å². The number of nitrogens with one attached hydrogen (secondary N) is 1. The van der Waals surface area contributed by atoms with Crippen molar-refractivity contribution < 1.29 is 19.2 Å². The first-order valence-corrected chi connectivity index (χ1v) is 12.1. The predicted molar refractivity (Wildman–Crippen MR) is 146 cm³/mol. The van der Waals surface area contributed by atoms with E-state index < -0.39 is 22.5 Å². The van der Waals surface area contributed by atoms with Crippen LogP contribution in [0.5, 0.6) is 0 Å². The number of anilines is 1. The molecule has 1 unspecified atom stereocenters. The van der Waals surface area contributed by atoms with Gasteiger partial charge in [-0.1, -0.05) is 73.3 Å². The first-order chi connectivity index (χ1) is 18.0. The third-order valence-electron chi connectivity index (χ3n) is 6.49. The van der Waals surface area contributed by atoms with Gasteiger partial charge in [0.05, 0.1) is 11.1 Å². The van der Waals surface area contributed by atoms with Crippen molar-refractivity contribution in [1.82, 2.24) is 5.16 Å². The topological polar surface area (TPSA) is 110 Å². The van der Waals surface area contributed by atoms with E-state index in [0.717, 1.165) is 5.56 Å². The van der Waals surface area contributed by atoms with E-state index in [9.17, 15) is 19.5 Å². The highest BCUT2D eigenvalue weighted by Gasteiger charge is 2.41. The van der Waals surface area contributed by atoms with Crippen LogP contribution in [0, 0.1) is 18.8 Å². The molecule has 0 saturated heterocycles. The number of aliphatic hydroxyl groups is 1. The van der Waals surface area contributed by atoms with Crippen LogP contribution in [0.1, 0.15) is 54.4 Å². The predicted octanol–water partition coefficient (Wildman–Crippen LogP) is 4.79. The molecule has 2 N–H and O–H groups in total. The second-order valence-electron chi connectivity index (χ2n) is 9.94. The number of carbonyl (C=O) groups excluding carboxylic acids is 2. The molecule has 1 amide bonds. The molecule has 3 aromatic carbocycles. The molecule has 1 heterocycles. The second-order valence-corrected chi connectivity index (χ2v) is 9.94. The first kappa shape index (κ1) is 26.5. The zero-order valence-corrected chi connectivity index (χ0v) is 21.7. The van der Waals surface area contributed by atoms with Crippen molar-refractivity contribution in [2.45, 2.75) is 45.1 Å². The van der Waals surface area contributed by atoms with Crippen molar-refractivity contribution in [2.24, 2.45) is 0 Å². The van der Waals surface area contributed by atoms with E-state index in [2.05, 4.69) is 22.3 Å². The van der Waals surface area contributed by atoms with Crippen LogP contribution < -0.4 is 10.9 Å². The summed E-state index contributed by atoms with van der Waals surface area (Å²) in [6.07, 6.45) is 0.00608. The van der Waals surface area contributed by atoms with Crippen LogP contribution in [-0.2, 0) is 10.2 Å². The Labute approximate surface area is 220 Å². The van der Waals surface area contributed by atoms with E-state index in [1.54, 1.807) is 49.4 Å². The van der Waals surface area contributed by atoms with Gasteiger partial charge in [0.15, 0.2) is 5.78 Å². The minimum absolute atomic E-state index is 0.00608. The van der Waals surface area contributed by atoms with Crippen molar-refractivity contribution in [3.8, 4) is 11.8 Å². The molecule has 192 valence electrons. The number of benzene rings is 3. The van der Waals surface area contributed by atoms with Gasteiger partial charge in [-0.3, -0.25) is 9.59 Å². The van der Waals surface area contributed by atoms with Gasteiger partial charge < -0.3 is 14.9 Å². The lowest BCUT2D eigenvalue weighted by atomic mass is 9.75. The molecule has 0 aliphatic carbocycles. The van der Waals surface area contributed by atoms with Crippen LogP contribution in [0.2, 0.25) is 0 Å². The highest BCUT2D eigenvalue weighted by molar-refractivity contribution is 6.01. The summed E-state index contributed by atoms with van der Waals surface area (Å²) < 4.78 is 4.77. The van der Waals surface area contributed by atoms with Gasteiger partial charge in [-0.05, 0) is 55.2 Å². The molecule has 0 aliphatic heterocycles. The van der Waals surface area contributed by atoms with Gasteiger partial charge in [0.2, 0.25) is 5.60 Å². The number of hydrogen-bond donors (Lipinski definition) is 2. The minimum Gasteiger partial charge on any atom is -0.369 e. The van der Waals surface area contributed by atoms with Crippen LogP contribution in [-0.4, -0.2) is 27.6 Å². The summed E-state index contributed by atoms with van der Waals surface area (Å²) in [5, 5.41) is 19.1. The average molecular weight is 509 g/mol. The Bertz CT molecular complexity index is 1630. The quantitative estimate of drug-likeness (QED) is 0.286. The normalized spacial score (nSPS) is 12.8. The minimum atomic E-state index is -2.07. The smallest absolute Gasteiger partial charge is 0.366 e. The number of Topliss-reactive ketones (excluding diaryl/α,β-unsaturated/α-hetero) is 1. The molecule has 0 saturated carbocycles. The number of hydrogen-bond acceptors (Lipinski definition) is 6. The van der Waals surface area contributed by atoms with Gasteiger partial charge in [-0.15, -0.1) is 0 Å². The Hall–Kier alpha value is -4.54. The zero-order valence-electron chi connectivity index (χ0n) is 21.7. The number of rotatable bonds is 6. The third-order valence-corrected chi connectivity index (χ3v) is 6.49. The summed E-state index contributed by atoms with van der Waals surface area (Å²) in [4.78, 5) is 37.2. The Morgan fingerprint density at radius 3 is 2.34 bits per heavy atom. The highest BCUT2D eigenvalue weighted by atomic mass is 16.5. The molecule has 1 aromatic heterocycles. The fourth-order valence-corrected chi connectivity index (χ4v) is 4.32. The molecule has 0 spiro atoms. The van der Waals surface area contributed by atoms with Crippen LogP contribution in [0.4, 0.5) is 5.69 Å². The number of nitrogens with zero attached hydrogens (tertiary/aromatic N) is 1. The lowest BCUT2D eigenvalue weighted by Gasteiger charge is -2.32. The van der Waals surface area contributed by atoms with E-state index in [-0.39, 0.29) is 12.2 Å². The molecule has 0 aliphatic rings. The molecule has 1 atom stereocenters. The van der Waals surface area contributed by atoms with E-state index in [4.69, 9.17) is 4.52 Å². The summed E-state index contributed by atoms with van der Waals surface area (Å²) in [5.74, 6) is 4.93. The maximum atomic E-state index is 13.6. The van der Waals surface area contributed by atoms with Crippen molar-refractivity contribution >= 4 is 28.2 Å². The number of aryl methyl sites for hydroxylation is 1. The molecule has 7 nitrogen and oxygen atoms in total. The molecular weight excluding hydrogens is 480 g/mol. The van der Waals surface area contributed by atoms with Gasteiger partial charge in [0.25, 0.3) is 5.91 Å². The van der Waals surface area contributed by atoms with Crippen LogP contribution in [0.15, 0.2) is 82.1 Å². The molecular formula is C31H28N2O5. The van der Waals surface area contributed by atoms with Gasteiger partial charge in [-0.2, -0.15) is 0 Å². The first-order valence-electron chi connectivity index (χ1n) is 12.1. The van der Waals surface area contributed by atoms with Crippen molar-refractivity contribution in [3.05, 3.63) is 106 Å². The largest absolute Gasteiger partial charge is 0.369 e. The summed E-state index contributed by atoms with van der Waals surface area (Å²) in [6.45, 7) is 7.05. The number of fused-ring (bicyclic) bond motifs is 1. The zero-order chi connectivity index (χ0) is 27.5. The maximum Gasteiger partial charge on any atom is 0.366 e. The van der Waals surface area contributed by atoms with Crippen LogP contribution in [0.3, 0.4) is 0 Å². The van der Waals surface area contributed by atoms with E-state index >= 15 is 0 Å². The SMILES string of the molecule is CC(=O)c1ccc(C#CC(O)(CC(C)(C)c2ccccc2)C(=O)Nc2ccc3c(=O)onc(C)c3c2)cc1. The van der Waals surface area contributed by atoms with Crippen LogP contribution in [0.25, 0.3) is 10.8 Å². The molecule has 38 heavy (non-hydrogen) atoms. The molecule has 0 bridgehead atoms. The van der Waals surface area contributed by atoms with Crippen molar-refractivity contribution in [2.75, 3.05) is 5.32 Å². The molecule has 0 fully saturated rings. The highest BCUT2D eigenvalue weighted by Crippen LogP contribution is 2.33. The fourth-order valence-electron chi connectivity index (χ4n) is 4.32. The molecule has 7 heteroatoms. The van der Waals surface area contributed by atoms with Crippen LogP contribution >= 0.6 is 0 Å². The maximum absolute atomic E-state index is 13.6. The molecule has 0 radical (unpaired) electrons. The average Bonchev–Trinajstić information content (AvgIpc) is 2.90. The van der Waals surface area contributed by atoms with E-state index in [1.165, 1.54) is 6.92 Å². The summed E-state index contributed by atoms with van der Waals surface area (Å²) in [6, 6.07) is 21.0. The van der Waals surface area contributed by atoms with E-state index in [1.807, 2.05) is 44.2 Å². The summed E-state index contributed by atoms with van der Waals surface area (Å²) in [5.41, 5.74) is -0.350. The summed E-state index contributed by atoms with van der Waals surface area (Å²) in [7, 11) is 0. The van der Waals surface area contributed by atoms with Gasteiger partial charge >= 0.3 is 5.63 Å². The Morgan fingerprint density at radius 2 is 1.68 bits per heavy atom. The Kier molecular flexibility index (Phi) is 7.29. The molecule has 4 aromatic rings.